The van der Waals surface area contributed by atoms with Crippen LogP contribution in [0.3, 0.4) is 0 Å². The summed E-state index contributed by atoms with van der Waals surface area (Å²) >= 11 is 4.13. The highest BCUT2D eigenvalue weighted by Crippen LogP contribution is 2.10. The Hall–Kier alpha value is -3.27. The number of carbonyl (C=O) groups is 4. The zero-order valence-corrected chi connectivity index (χ0v) is 22.2. The highest BCUT2D eigenvalue weighted by Gasteiger charge is 2.32. The number of hydrogen-bond donors (Lipinski definition) is 10. The number of nitrogens with two attached hydrogens (primary N) is 5. The maximum Gasteiger partial charge on any atom is 0.326 e. The Morgan fingerprint density at radius 3 is 1.81 bits per heavy atom. The van der Waals surface area contributed by atoms with Crippen molar-refractivity contribution in [3.05, 3.63) is 0 Å². The van der Waals surface area contributed by atoms with Crippen molar-refractivity contribution in [1.82, 2.24) is 16.0 Å². The zero-order valence-electron chi connectivity index (χ0n) is 21.4. The third-order valence-corrected chi connectivity index (χ3v) is 5.84. The fraction of sp³-hybridized carbons (Fsp3) is 0.714. The number of nitrogens with zero attached hydrogens (tertiary/aromatic N) is 2. The Morgan fingerprint density at radius 2 is 1.35 bits per heavy atom. The second kappa shape index (κ2) is 18.0. The van der Waals surface area contributed by atoms with Gasteiger partial charge in [-0.25, -0.2) is 4.79 Å². The number of guanidine groups is 2. The molecule has 212 valence electrons. The van der Waals surface area contributed by atoms with Gasteiger partial charge in [0.15, 0.2) is 11.9 Å². The van der Waals surface area contributed by atoms with Crippen LogP contribution in [0.25, 0.3) is 0 Å². The van der Waals surface area contributed by atoms with Gasteiger partial charge in [0.1, 0.15) is 18.1 Å². The highest BCUT2D eigenvalue weighted by atomic mass is 32.1. The minimum absolute atomic E-state index is 0.0598. The number of thiol groups is 1. The maximum atomic E-state index is 13.0. The Morgan fingerprint density at radius 1 is 0.838 bits per heavy atom. The smallest absolute Gasteiger partial charge is 0.326 e. The van der Waals surface area contributed by atoms with Gasteiger partial charge in [0.2, 0.25) is 17.7 Å². The summed E-state index contributed by atoms with van der Waals surface area (Å²) in [6, 6.07) is -4.24. The van der Waals surface area contributed by atoms with Crippen LogP contribution in [0.5, 0.6) is 0 Å². The molecule has 0 aromatic heterocycles. The van der Waals surface area contributed by atoms with Crippen molar-refractivity contribution in [3.8, 4) is 0 Å². The normalized spacial score (nSPS) is 14.7. The predicted octanol–water partition coefficient (Wildman–Crippen LogP) is -3.06. The lowest BCUT2D eigenvalue weighted by Gasteiger charge is -2.27. The van der Waals surface area contributed by atoms with Crippen LogP contribution in [0.1, 0.15) is 46.0 Å². The Labute approximate surface area is 222 Å². The number of amides is 3. The van der Waals surface area contributed by atoms with Crippen LogP contribution >= 0.6 is 12.6 Å². The van der Waals surface area contributed by atoms with Gasteiger partial charge in [-0.3, -0.25) is 24.4 Å². The second-order valence-corrected chi connectivity index (χ2v) is 8.88. The average molecular weight is 547 g/mol. The van der Waals surface area contributed by atoms with Crippen LogP contribution in [-0.4, -0.2) is 83.7 Å². The monoisotopic (exact) mass is 546 g/mol. The number of carboxylic acid groups (broad SMARTS) is 1. The van der Waals surface area contributed by atoms with Crippen molar-refractivity contribution in [1.29, 1.82) is 0 Å². The minimum Gasteiger partial charge on any atom is -0.480 e. The van der Waals surface area contributed by atoms with E-state index in [1.165, 1.54) is 0 Å². The van der Waals surface area contributed by atoms with Crippen LogP contribution in [0.2, 0.25) is 0 Å². The number of nitrogens with one attached hydrogen (secondary N) is 3. The molecular formula is C21H42N10O5S. The Balaban J connectivity index is 5.20. The Kier molecular flexibility index (Phi) is 16.5. The third-order valence-electron chi connectivity index (χ3n) is 5.47. The van der Waals surface area contributed by atoms with Crippen LogP contribution < -0.4 is 44.6 Å². The number of aliphatic carboxylic acids is 1. The molecular weight excluding hydrogens is 504 g/mol. The van der Waals surface area contributed by atoms with Gasteiger partial charge in [0.25, 0.3) is 0 Å². The van der Waals surface area contributed by atoms with Gasteiger partial charge in [-0.05, 0) is 31.6 Å². The number of hydrogen-bond acceptors (Lipinski definition) is 8. The molecule has 0 fully saturated rings. The first kappa shape index (κ1) is 33.7. The van der Waals surface area contributed by atoms with Gasteiger partial charge in [0, 0.05) is 18.8 Å². The SMILES string of the molecule is CCC(C)C(NC(=O)C(CS)NC(=O)C(N)CCCN=C(N)N)C(=O)NC(CCCN=C(N)N)C(=O)O. The summed E-state index contributed by atoms with van der Waals surface area (Å²) in [5, 5.41) is 17.1. The summed E-state index contributed by atoms with van der Waals surface area (Å²) in [6.07, 6.45) is 1.64. The molecule has 0 aliphatic carbocycles. The molecule has 5 atom stereocenters. The summed E-state index contributed by atoms with van der Waals surface area (Å²) in [5.41, 5.74) is 26.9. The van der Waals surface area contributed by atoms with E-state index in [1.807, 2.05) is 6.92 Å². The average Bonchev–Trinajstić information content (AvgIpc) is 2.83. The van der Waals surface area contributed by atoms with E-state index in [4.69, 9.17) is 28.7 Å². The number of rotatable bonds is 18. The van der Waals surface area contributed by atoms with E-state index in [9.17, 15) is 24.3 Å². The zero-order chi connectivity index (χ0) is 28.5. The van der Waals surface area contributed by atoms with E-state index >= 15 is 0 Å². The maximum absolute atomic E-state index is 13.0. The van der Waals surface area contributed by atoms with E-state index in [2.05, 4.69) is 38.6 Å². The molecule has 16 heteroatoms. The molecule has 0 bridgehead atoms. The first-order valence-electron chi connectivity index (χ1n) is 11.9. The van der Waals surface area contributed by atoms with Crippen molar-refractivity contribution in [2.24, 2.45) is 44.6 Å². The molecule has 0 aliphatic heterocycles. The molecule has 5 unspecified atom stereocenters. The summed E-state index contributed by atoms with van der Waals surface area (Å²) in [7, 11) is 0. The van der Waals surface area contributed by atoms with Crippen LogP contribution in [0.4, 0.5) is 0 Å². The van der Waals surface area contributed by atoms with Gasteiger partial charge in [-0.2, -0.15) is 12.6 Å². The molecule has 0 radical (unpaired) electrons. The van der Waals surface area contributed by atoms with Crippen molar-refractivity contribution >= 4 is 48.2 Å². The van der Waals surface area contributed by atoms with Crippen molar-refractivity contribution < 1.29 is 24.3 Å². The second-order valence-electron chi connectivity index (χ2n) is 8.52. The molecule has 0 aliphatic rings. The molecule has 0 rings (SSSR count). The van der Waals surface area contributed by atoms with Crippen LogP contribution in [0.15, 0.2) is 9.98 Å². The fourth-order valence-electron chi connectivity index (χ4n) is 3.10. The first-order chi connectivity index (χ1) is 17.3. The van der Waals surface area contributed by atoms with Crippen molar-refractivity contribution in [2.75, 3.05) is 18.8 Å². The molecule has 15 nitrogen and oxygen atoms in total. The van der Waals surface area contributed by atoms with E-state index in [0.717, 1.165) is 0 Å². The van der Waals surface area contributed by atoms with Crippen molar-refractivity contribution in [2.45, 2.75) is 70.1 Å². The molecule has 0 aromatic carbocycles. The summed E-state index contributed by atoms with van der Waals surface area (Å²) in [5.74, 6) is -3.71. The standard InChI is InChI=1S/C21H42N10O5S/c1-3-11(2)15(18(34)29-13(19(35)36)7-5-9-28-21(25)26)31-17(33)14(10-37)30-16(32)12(22)6-4-8-27-20(23)24/h11-15,37H,3-10,22H2,1-2H3,(H,29,34)(H,30,32)(H,31,33)(H,35,36)(H4,23,24,27)(H4,25,26,28). The molecule has 0 spiro atoms. The number of carbonyl (C=O) groups excluding carboxylic acids is 3. The largest absolute Gasteiger partial charge is 0.480 e. The molecule has 0 aromatic rings. The summed E-state index contributed by atoms with van der Waals surface area (Å²) in [4.78, 5) is 57.5. The summed E-state index contributed by atoms with van der Waals surface area (Å²) < 4.78 is 0. The molecule has 0 saturated heterocycles. The van der Waals surface area contributed by atoms with E-state index < -0.39 is 47.9 Å². The number of aliphatic imine (C=N–C) groups is 2. The minimum atomic E-state index is -1.23. The van der Waals surface area contributed by atoms with Gasteiger partial charge in [-0.15, -0.1) is 0 Å². The lowest BCUT2D eigenvalue weighted by Crippen LogP contribution is -2.59. The van der Waals surface area contributed by atoms with E-state index in [1.54, 1.807) is 6.92 Å². The van der Waals surface area contributed by atoms with Crippen LogP contribution in [-0.2, 0) is 19.2 Å². The van der Waals surface area contributed by atoms with Crippen LogP contribution in [0, 0.1) is 5.92 Å². The molecule has 0 saturated carbocycles. The third kappa shape index (κ3) is 14.2. The first-order valence-corrected chi connectivity index (χ1v) is 12.6. The highest BCUT2D eigenvalue weighted by molar-refractivity contribution is 7.80. The van der Waals surface area contributed by atoms with E-state index in [-0.39, 0.29) is 43.0 Å². The van der Waals surface area contributed by atoms with E-state index in [0.29, 0.717) is 25.8 Å². The Bertz CT molecular complexity index is 818. The lowest BCUT2D eigenvalue weighted by atomic mass is 9.97. The summed E-state index contributed by atoms with van der Waals surface area (Å²) in [6.45, 7) is 4.06. The van der Waals surface area contributed by atoms with Crippen molar-refractivity contribution in [3.63, 3.8) is 0 Å². The van der Waals surface area contributed by atoms with Gasteiger partial charge < -0.3 is 49.7 Å². The van der Waals surface area contributed by atoms with Gasteiger partial charge >= 0.3 is 5.97 Å². The quantitative estimate of drug-likeness (QED) is 0.0358. The predicted molar refractivity (Wildman–Crippen MR) is 145 cm³/mol. The fourth-order valence-corrected chi connectivity index (χ4v) is 3.36. The molecule has 37 heavy (non-hydrogen) atoms. The topological polar surface area (TPSA) is 279 Å². The number of carboxylic acids is 1. The molecule has 0 heterocycles. The lowest BCUT2D eigenvalue weighted by molar-refractivity contribution is -0.142. The van der Waals surface area contributed by atoms with Gasteiger partial charge in [-0.1, -0.05) is 20.3 Å². The molecule has 3 amide bonds. The van der Waals surface area contributed by atoms with Gasteiger partial charge in [0.05, 0.1) is 6.04 Å². The molecule has 14 N–H and O–H groups in total.